The highest BCUT2D eigenvalue weighted by Crippen LogP contribution is 2.26. The molecular formula is C14H16FN3OS. The summed E-state index contributed by atoms with van der Waals surface area (Å²) >= 11 is 1.28. The number of halogens is 1. The third-order valence-corrected chi connectivity index (χ3v) is 3.99. The smallest absolute Gasteiger partial charge is 0.229 e. The monoisotopic (exact) mass is 293 g/mol. The number of hydrogen-bond acceptors (Lipinski definition) is 4. The zero-order chi connectivity index (χ0) is 14.5. The molecule has 6 heteroatoms. The number of carbonyl (C=O) groups excluding carboxylic acids is 1. The predicted molar refractivity (Wildman–Crippen MR) is 78.0 cm³/mol. The Balaban J connectivity index is 2.09. The van der Waals surface area contributed by atoms with Gasteiger partial charge in [0.05, 0.1) is 0 Å². The van der Waals surface area contributed by atoms with Gasteiger partial charge < -0.3 is 5.32 Å². The standard InChI is InChI=1S/C14H16FN3OS/c1-3-9(4-2)12(19)16-14-18-17-13(20-14)10-5-7-11(15)8-6-10/h5-9H,3-4H2,1-2H3,(H,16,18,19). The second kappa shape index (κ2) is 6.56. The van der Waals surface area contributed by atoms with Crippen LogP contribution in [0.3, 0.4) is 0 Å². The van der Waals surface area contributed by atoms with Gasteiger partial charge in [-0.2, -0.15) is 0 Å². The summed E-state index contributed by atoms with van der Waals surface area (Å²) in [6, 6.07) is 6.03. The van der Waals surface area contributed by atoms with Crippen LogP contribution < -0.4 is 5.32 Å². The van der Waals surface area contributed by atoms with Gasteiger partial charge in [-0.3, -0.25) is 4.79 Å². The minimum absolute atomic E-state index is 0.00632. The Morgan fingerprint density at radius 2 is 1.90 bits per heavy atom. The first-order chi connectivity index (χ1) is 9.63. The van der Waals surface area contributed by atoms with Gasteiger partial charge in [0.1, 0.15) is 10.8 Å². The molecule has 0 saturated heterocycles. The van der Waals surface area contributed by atoms with Crippen molar-refractivity contribution in [2.45, 2.75) is 26.7 Å². The van der Waals surface area contributed by atoms with E-state index < -0.39 is 0 Å². The van der Waals surface area contributed by atoms with Crippen LogP contribution in [0.15, 0.2) is 24.3 Å². The van der Waals surface area contributed by atoms with Gasteiger partial charge in [-0.15, -0.1) is 10.2 Å². The van der Waals surface area contributed by atoms with E-state index in [2.05, 4.69) is 15.5 Å². The van der Waals surface area contributed by atoms with Crippen LogP contribution >= 0.6 is 11.3 Å². The largest absolute Gasteiger partial charge is 0.300 e. The molecule has 0 unspecified atom stereocenters. The van der Waals surface area contributed by atoms with E-state index in [9.17, 15) is 9.18 Å². The molecule has 0 aliphatic rings. The van der Waals surface area contributed by atoms with Crippen molar-refractivity contribution in [1.29, 1.82) is 0 Å². The molecule has 20 heavy (non-hydrogen) atoms. The summed E-state index contributed by atoms with van der Waals surface area (Å²) in [6.07, 6.45) is 1.60. The molecule has 0 spiro atoms. The number of aromatic nitrogens is 2. The lowest BCUT2D eigenvalue weighted by Crippen LogP contribution is -2.21. The second-order valence-corrected chi connectivity index (χ2v) is 5.40. The highest BCUT2D eigenvalue weighted by atomic mass is 32.1. The Morgan fingerprint density at radius 3 is 2.50 bits per heavy atom. The quantitative estimate of drug-likeness (QED) is 0.914. The van der Waals surface area contributed by atoms with E-state index in [1.165, 1.54) is 23.5 Å². The second-order valence-electron chi connectivity index (χ2n) is 4.42. The molecule has 1 aromatic heterocycles. The molecule has 1 amide bonds. The van der Waals surface area contributed by atoms with Crippen LogP contribution in [-0.4, -0.2) is 16.1 Å². The van der Waals surface area contributed by atoms with Gasteiger partial charge in [0.2, 0.25) is 11.0 Å². The molecule has 2 aromatic rings. The summed E-state index contributed by atoms with van der Waals surface area (Å²) in [6.45, 7) is 3.97. The fourth-order valence-electron chi connectivity index (χ4n) is 1.85. The van der Waals surface area contributed by atoms with Crippen molar-refractivity contribution in [1.82, 2.24) is 10.2 Å². The molecular weight excluding hydrogens is 277 g/mol. The first-order valence-electron chi connectivity index (χ1n) is 6.54. The summed E-state index contributed by atoms with van der Waals surface area (Å²) in [7, 11) is 0. The van der Waals surface area contributed by atoms with Crippen molar-refractivity contribution in [3.63, 3.8) is 0 Å². The van der Waals surface area contributed by atoms with Crippen LogP contribution in [0.2, 0.25) is 0 Å². The van der Waals surface area contributed by atoms with Crippen LogP contribution in [-0.2, 0) is 4.79 Å². The van der Waals surface area contributed by atoms with Crippen LogP contribution in [0.4, 0.5) is 9.52 Å². The zero-order valence-corrected chi connectivity index (χ0v) is 12.2. The van der Waals surface area contributed by atoms with Gasteiger partial charge in [0, 0.05) is 11.5 Å². The maximum atomic E-state index is 12.9. The Labute approximate surface area is 121 Å². The van der Waals surface area contributed by atoms with Crippen molar-refractivity contribution in [3.05, 3.63) is 30.1 Å². The molecule has 1 heterocycles. The zero-order valence-electron chi connectivity index (χ0n) is 11.4. The van der Waals surface area contributed by atoms with E-state index in [1.807, 2.05) is 13.8 Å². The van der Waals surface area contributed by atoms with Gasteiger partial charge >= 0.3 is 0 Å². The molecule has 0 bridgehead atoms. The number of nitrogens with one attached hydrogen (secondary N) is 1. The molecule has 1 aromatic carbocycles. The lowest BCUT2D eigenvalue weighted by Gasteiger charge is -2.09. The molecule has 0 saturated carbocycles. The van der Waals surface area contributed by atoms with E-state index in [0.717, 1.165) is 18.4 Å². The minimum Gasteiger partial charge on any atom is -0.300 e. The van der Waals surface area contributed by atoms with Gasteiger partial charge in [-0.1, -0.05) is 25.2 Å². The predicted octanol–water partition coefficient (Wildman–Crippen LogP) is 3.72. The minimum atomic E-state index is -0.291. The lowest BCUT2D eigenvalue weighted by atomic mass is 10.0. The van der Waals surface area contributed by atoms with E-state index in [0.29, 0.717) is 10.1 Å². The Kier molecular flexibility index (Phi) is 4.79. The molecule has 2 rings (SSSR count). The fourth-order valence-corrected chi connectivity index (χ4v) is 2.60. The van der Waals surface area contributed by atoms with Gasteiger partial charge in [0.25, 0.3) is 0 Å². The summed E-state index contributed by atoms with van der Waals surface area (Å²) < 4.78 is 12.9. The van der Waals surface area contributed by atoms with Crippen LogP contribution in [0.25, 0.3) is 10.6 Å². The number of benzene rings is 1. The van der Waals surface area contributed by atoms with E-state index in [1.54, 1.807) is 12.1 Å². The van der Waals surface area contributed by atoms with Crippen molar-refractivity contribution in [2.75, 3.05) is 5.32 Å². The third-order valence-electron chi connectivity index (χ3n) is 3.10. The van der Waals surface area contributed by atoms with E-state index in [-0.39, 0.29) is 17.6 Å². The first kappa shape index (κ1) is 14.6. The number of amides is 1. The van der Waals surface area contributed by atoms with Gasteiger partial charge in [0.15, 0.2) is 0 Å². The summed E-state index contributed by atoms with van der Waals surface area (Å²) in [4.78, 5) is 11.9. The van der Waals surface area contributed by atoms with E-state index in [4.69, 9.17) is 0 Å². The Hall–Kier alpha value is -1.82. The number of hydrogen-bond donors (Lipinski definition) is 1. The van der Waals surface area contributed by atoms with Crippen molar-refractivity contribution in [3.8, 4) is 10.6 Å². The molecule has 4 nitrogen and oxygen atoms in total. The first-order valence-corrected chi connectivity index (χ1v) is 7.36. The van der Waals surface area contributed by atoms with Gasteiger partial charge in [-0.25, -0.2) is 4.39 Å². The summed E-state index contributed by atoms with van der Waals surface area (Å²) in [5, 5.41) is 11.9. The molecule has 0 aliphatic heterocycles. The molecule has 0 aliphatic carbocycles. The number of anilines is 1. The Bertz CT molecular complexity index is 578. The van der Waals surface area contributed by atoms with Crippen molar-refractivity contribution < 1.29 is 9.18 Å². The fraction of sp³-hybridized carbons (Fsp3) is 0.357. The number of rotatable bonds is 5. The average molecular weight is 293 g/mol. The van der Waals surface area contributed by atoms with Crippen molar-refractivity contribution in [2.24, 2.45) is 5.92 Å². The topological polar surface area (TPSA) is 54.9 Å². The van der Waals surface area contributed by atoms with Crippen LogP contribution in [0, 0.1) is 11.7 Å². The molecule has 106 valence electrons. The molecule has 0 radical (unpaired) electrons. The van der Waals surface area contributed by atoms with Gasteiger partial charge in [-0.05, 0) is 37.1 Å². The maximum absolute atomic E-state index is 12.9. The average Bonchev–Trinajstić information content (AvgIpc) is 2.89. The maximum Gasteiger partial charge on any atom is 0.229 e. The lowest BCUT2D eigenvalue weighted by molar-refractivity contribution is -0.120. The third kappa shape index (κ3) is 3.39. The number of carbonyl (C=O) groups is 1. The highest BCUT2D eigenvalue weighted by molar-refractivity contribution is 7.18. The molecule has 0 atom stereocenters. The summed E-state index contributed by atoms with van der Waals surface area (Å²) in [5.74, 6) is -0.328. The Morgan fingerprint density at radius 1 is 1.25 bits per heavy atom. The highest BCUT2D eigenvalue weighted by Gasteiger charge is 2.16. The normalized spacial score (nSPS) is 10.8. The van der Waals surface area contributed by atoms with Crippen molar-refractivity contribution >= 4 is 22.4 Å². The van der Waals surface area contributed by atoms with Crippen LogP contribution in [0.5, 0.6) is 0 Å². The summed E-state index contributed by atoms with van der Waals surface area (Å²) in [5.41, 5.74) is 0.784. The van der Waals surface area contributed by atoms with Crippen LogP contribution in [0.1, 0.15) is 26.7 Å². The molecule has 0 fully saturated rings. The SMILES string of the molecule is CCC(CC)C(=O)Nc1nnc(-c2ccc(F)cc2)s1. The number of nitrogens with zero attached hydrogens (tertiary/aromatic N) is 2. The molecule has 1 N–H and O–H groups in total. The van der Waals surface area contributed by atoms with E-state index >= 15 is 0 Å².